The van der Waals surface area contributed by atoms with Gasteiger partial charge in [-0.05, 0) is 13.8 Å². The minimum atomic E-state index is -4.32. The Labute approximate surface area is 137 Å². The SMILES string of the molecule is CC(COP(=O)(O)OCC(C)OC(=O)C(C)C)OC(=O)C(C)C. The van der Waals surface area contributed by atoms with Gasteiger partial charge in [-0.25, -0.2) is 4.57 Å². The van der Waals surface area contributed by atoms with Crippen LogP contribution in [0.4, 0.5) is 0 Å². The number of hydrogen-bond acceptors (Lipinski definition) is 7. The molecule has 0 aromatic heterocycles. The fourth-order valence-corrected chi connectivity index (χ4v) is 2.04. The molecule has 0 rings (SSSR count). The van der Waals surface area contributed by atoms with Crippen molar-refractivity contribution in [3.63, 3.8) is 0 Å². The van der Waals surface area contributed by atoms with E-state index in [0.717, 1.165) is 0 Å². The number of ether oxygens (including phenoxy) is 2. The minimum Gasteiger partial charge on any atom is -0.460 e. The van der Waals surface area contributed by atoms with E-state index < -0.39 is 32.0 Å². The normalized spacial score (nSPS) is 16.7. The molecule has 0 aromatic rings. The molecular formula is C14H27O8P. The molecule has 0 spiro atoms. The molecule has 0 heterocycles. The van der Waals surface area contributed by atoms with Gasteiger partial charge in [0.05, 0.1) is 25.0 Å². The number of phosphoric ester groups is 1. The average Bonchev–Trinajstić information content (AvgIpc) is 2.43. The molecule has 0 bridgehead atoms. The van der Waals surface area contributed by atoms with Gasteiger partial charge >= 0.3 is 19.8 Å². The summed E-state index contributed by atoms with van der Waals surface area (Å²) in [6.45, 7) is 9.20. The Morgan fingerprint density at radius 2 is 1.13 bits per heavy atom. The van der Waals surface area contributed by atoms with Crippen molar-refractivity contribution in [3.05, 3.63) is 0 Å². The van der Waals surface area contributed by atoms with Crippen LogP contribution in [0.1, 0.15) is 41.5 Å². The molecule has 2 unspecified atom stereocenters. The lowest BCUT2D eigenvalue weighted by atomic mass is 10.2. The van der Waals surface area contributed by atoms with E-state index in [1.807, 2.05) is 0 Å². The molecule has 0 aromatic carbocycles. The van der Waals surface area contributed by atoms with Crippen molar-refractivity contribution in [1.82, 2.24) is 0 Å². The summed E-state index contributed by atoms with van der Waals surface area (Å²) in [5, 5.41) is 0. The largest absolute Gasteiger partial charge is 0.472 e. The van der Waals surface area contributed by atoms with Gasteiger partial charge in [0.15, 0.2) is 0 Å². The average molecular weight is 354 g/mol. The summed E-state index contributed by atoms with van der Waals surface area (Å²) in [6.07, 6.45) is -1.38. The Morgan fingerprint density at radius 3 is 1.39 bits per heavy atom. The number of esters is 2. The highest BCUT2D eigenvalue weighted by Gasteiger charge is 2.25. The zero-order valence-electron chi connectivity index (χ0n) is 14.5. The van der Waals surface area contributed by atoms with Crippen molar-refractivity contribution in [2.75, 3.05) is 13.2 Å². The van der Waals surface area contributed by atoms with Crippen LogP contribution in [0.3, 0.4) is 0 Å². The molecule has 136 valence electrons. The first-order valence-corrected chi connectivity index (χ1v) is 8.97. The lowest BCUT2D eigenvalue weighted by molar-refractivity contribution is -0.153. The van der Waals surface area contributed by atoms with Crippen LogP contribution in [-0.2, 0) is 32.7 Å². The van der Waals surface area contributed by atoms with Gasteiger partial charge in [0.25, 0.3) is 0 Å². The second kappa shape index (κ2) is 10.0. The predicted molar refractivity (Wildman–Crippen MR) is 82.5 cm³/mol. The number of carbonyl (C=O) groups excluding carboxylic acids is 2. The number of hydrogen-bond donors (Lipinski definition) is 1. The highest BCUT2D eigenvalue weighted by molar-refractivity contribution is 7.47. The summed E-state index contributed by atoms with van der Waals surface area (Å²) in [6, 6.07) is 0. The van der Waals surface area contributed by atoms with E-state index in [1.165, 1.54) is 13.8 Å². The monoisotopic (exact) mass is 354 g/mol. The topological polar surface area (TPSA) is 108 Å². The van der Waals surface area contributed by atoms with Crippen LogP contribution in [0.15, 0.2) is 0 Å². The van der Waals surface area contributed by atoms with Gasteiger partial charge in [0.1, 0.15) is 12.2 Å². The third-order valence-electron chi connectivity index (χ3n) is 2.52. The highest BCUT2D eigenvalue weighted by atomic mass is 31.2. The quantitative estimate of drug-likeness (QED) is 0.470. The fourth-order valence-electron chi connectivity index (χ4n) is 1.17. The zero-order valence-corrected chi connectivity index (χ0v) is 15.4. The van der Waals surface area contributed by atoms with Crippen LogP contribution < -0.4 is 0 Å². The molecule has 0 saturated heterocycles. The van der Waals surface area contributed by atoms with Gasteiger partial charge in [0, 0.05) is 0 Å². The lowest BCUT2D eigenvalue weighted by Crippen LogP contribution is -2.24. The van der Waals surface area contributed by atoms with Crippen molar-refractivity contribution in [2.24, 2.45) is 11.8 Å². The van der Waals surface area contributed by atoms with E-state index in [-0.39, 0.29) is 25.0 Å². The molecule has 0 aliphatic heterocycles. The van der Waals surface area contributed by atoms with Crippen molar-refractivity contribution >= 4 is 19.8 Å². The van der Waals surface area contributed by atoms with Crippen molar-refractivity contribution < 1.29 is 37.6 Å². The summed E-state index contributed by atoms with van der Waals surface area (Å²) >= 11 is 0. The first kappa shape index (κ1) is 22.1. The smallest absolute Gasteiger partial charge is 0.460 e. The lowest BCUT2D eigenvalue weighted by Gasteiger charge is -2.19. The van der Waals surface area contributed by atoms with Gasteiger partial charge in [-0.2, -0.15) is 0 Å². The van der Waals surface area contributed by atoms with E-state index in [2.05, 4.69) is 0 Å². The van der Waals surface area contributed by atoms with E-state index in [9.17, 15) is 19.0 Å². The van der Waals surface area contributed by atoms with Gasteiger partial charge in [-0.1, -0.05) is 27.7 Å². The third kappa shape index (κ3) is 10.4. The fraction of sp³-hybridized carbons (Fsp3) is 0.857. The van der Waals surface area contributed by atoms with Crippen LogP contribution in [0.25, 0.3) is 0 Å². The van der Waals surface area contributed by atoms with Crippen LogP contribution in [0.5, 0.6) is 0 Å². The van der Waals surface area contributed by atoms with E-state index >= 15 is 0 Å². The molecule has 23 heavy (non-hydrogen) atoms. The summed E-state index contributed by atoms with van der Waals surface area (Å²) in [7, 11) is -4.32. The molecular weight excluding hydrogens is 327 g/mol. The van der Waals surface area contributed by atoms with Gasteiger partial charge in [-0.3, -0.25) is 18.6 Å². The minimum absolute atomic E-state index is 0.285. The molecule has 0 fully saturated rings. The Bertz CT molecular complexity index is 398. The summed E-state index contributed by atoms with van der Waals surface area (Å²) in [4.78, 5) is 32.3. The van der Waals surface area contributed by atoms with Crippen LogP contribution in [0, 0.1) is 11.8 Å². The highest BCUT2D eigenvalue weighted by Crippen LogP contribution is 2.43. The van der Waals surface area contributed by atoms with Crippen LogP contribution in [0.2, 0.25) is 0 Å². The third-order valence-corrected chi connectivity index (χ3v) is 3.47. The standard InChI is InChI=1S/C14H27O8P/c1-9(2)13(15)21-11(5)7-19-23(17,18)20-8-12(6)22-14(16)10(3)4/h9-12H,7-8H2,1-6H3,(H,17,18). The van der Waals surface area contributed by atoms with Crippen molar-refractivity contribution in [2.45, 2.75) is 53.8 Å². The first-order valence-electron chi connectivity index (χ1n) is 7.47. The molecule has 0 radical (unpaired) electrons. The maximum atomic E-state index is 11.7. The maximum absolute atomic E-state index is 11.7. The Morgan fingerprint density at radius 1 is 0.826 bits per heavy atom. The number of phosphoric acid groups is 1. The zero-order chi connectivity index (χ0) is 18.2. The van der Waals surface area contributed by atoms with Gasteiger partial charge < -0.3 is 14.4 Å². The molecule has 8 nitrogen and oxygen atoms in total. The van der Waals surface area contributed by atoms with E-state index in [1.54, 1.807) is 27.7 Å². The second-order valence-corrected chi connectivity index (χ2v) is 7.32. The summed E-state index contributed by atoms with van der Waals surface area (Å²) in [5.41, 5.74) is 0. The molecule has 9 heteroatoms. The van der Waals surface area contributed by atoms with E-state index in [4.69, 9.17) is 18.5 Å². The van der Waals surface area contributed by atoms with Crippen molar-refractivity contribution in [3.8, 4) is 0 Å². The van der Waals surface area contributed by atoms with Crippen molar-refractivity contribution in [1.29, 1.82) is 0 Å². The Hall–Kier alpha value is -0.950. The molecule has 1 N–H and O–H groups in total. The Kier molecular flexibility index (Phi) is 9.61. The number of carbonyl (C=O) groups is 2. The molecule has 0 aliphatic carbocycles. The maximum Gasteiger partial charge on any atom is 0.472 e. The molecule has 0 aliphatic rings. The van der Waals surface area contributed by atoms with E-state index in [0.29, 0.717) is 0 Å². The predicted octanol–water partition coefficient (Wildman–Crippen LogP) is 2.30. The van der Waals surface area contributed by atoms with Gasteiger partial charge in [0.2, 0.25) is 0 Å². The summed E-state index contributed by atoms with van der Waals surface area (Å²) < 4.78 is 31.2. The van der Waals surface area contributed by atoms with Gasteiger partial charge in [-0.15, -0.1) is 0 Å². The molecule has 0 amide bonds. The van der Waals surface area contributed by atoms with Crippen LogP contribution >= 0.6 is 7.82 Å². The number of rotatable bonds is 10. The summed E-state index contributed by atoms with van der Waals surface area (Å²) in [5.74, 6) is -1.45. The Balaban J connectivity index is 4.16. The first-order chi connectivity index (χ1) is 10.4. The second-order valence-electron chi connectivity index (χ2n) is 5.86. The van der Waals surface area contributed by atoms with Crippen LogP contribution in [-0.4, -0.2) is 42.3 Å². The molecule has 2 atom stereocenters. The molecule has 0 saturated carbocycles.